The lowest BCUT2D eigenvalue weighted by molar-refractivity contribution is 0.400. The van der Waals surface area contributed by atoms with Gasteiger partial charge in [0.15, 0.2) is 5.82 Å². The van der Waals surface area contributed by atoms with E-state index < -0.39 is 0 Å². The van der Waals surface area contributed by atoms with Gasteiger partial charge in [-0.05, 0) is 54.3 Å². The van der Waals surface area contributed by atoms with Crippen LogP contribution in [0.4, 0.5) is 10.2 Å². The molecular formula is C16H13FN2OS. The molecule has 0 saturated heterocycles. The highest BCUT2D eigenvalue weighted by atomic mass is 32.2. The average molecular weight is 300 g/mol. The highest BCUT2D eigenvalue weighted by Gasteiger charge is 2.02. The first-order valence-corrected chi connectivity index (χ1v) is 7.24. The maximum absolute atomic E-state index is 13.2. The van der Waals surface area contributed by atoms with Gasteiger partial charge in [-0.3, -0.25) is 0 Å². The zero-order chi connectivity index (χ0) is 14.7. The average Bonchev–Trinajstić information content (AvgIpc) is 2.91. The van der Waals surface area contributed by atoms with E-state index in [1.54, 1.807) is 6.07 Å². The molecule has 0 unspecified atom stereocenters. The number of aryl methyl sites for hydroxylation is 1. The highest BCUT2D eigenvalue weighted by molar-refractivity contribution is 8.00. The van der Waals surface area contributed by atoms with Gasteiger partial charge in [0.1, 0.15) is 11.6 Å². The van der Waals surface area contributed by atoms with E-state index in [0.717, 1.165) is 21.8 Å². The van der Waals surface area contributed by atoms with Crippen LogP contribution < -0.4 is 4.72 Å². The second-order valence-electron chi connectivity index (χ2n) is 4.56. The molecule has 0 atom stereocenters. The second kappa shape index (κ2) is 6.01. The summed E-state index contributed by atoms with van der Waals surface area (Å²) in [5, 5.41) is 3.86. The van der Waals surface area contributed by atoms with Crippen molar-refractivity contribution in [2.75, 3.05) is 4.72 Å². The van der Waals surface area contributed by atoms with Crippen molar-refractivity contribution in [2.45, 2.75) is 11.8 Å². The Morgan fingerprint density at radius 1 is 1.05 bits per heavy atom. The van der Waals surface area contributed by atoms with Crippen molar-refractivity contribution in [2.24, 2.45) is 0 Å². The normalized spacial score (nSPS) is 10.6. The van der Waals surface area contributed by atoms with Gasteiger partial charge in [-0.2, -0.15) is 0 Å². The first kappa shape index (κ1) is 13.7. The zero-order valence-electron chi connectivity index (χ0n) is 11.3. The third kappa shape index (κ3) is 3.44. The van der Waals surface area contributed by atoms with Gasteiger partial charge >= 0.3 is 0 Å². The molecule has 3 rings (SSSR count). The Kier molecular flexibility index (Phi) is 3.92. The number of nitrogens with zero attached hydrogens (tertiary/aromatic N) is 1. The summed E-state index contributed by atoms with van der Waals surface area (Å²) in [4.78, 5) is 1.04. The van der Waals surface area contributed by atoms with Crippen molar-refractivity contribution < 1.29 is 8.91 Å². The van der Waals surface area contributed by atoms with Crippen LogP contribution >= 0.6 is 11.9 Å². The van der Waals surface area contributed by atoms with Gasteiger partial charge in [0.2, 0.25) is 0 Å². The van der Waals surface area contributed by atoms with E-state index in [0.29, 0.717) is 5.82 Å². The van der Waals surface area contributed by atoms with Crippen molar-refractivity contribution in [1.29, 1.82) is 0 Å². The van der Waals surface area contributed by atoms with Crippen LogP contribution in [0, 0.1) is 12.7 Å². The number of benzene rings is 2. The maximum atomic E-state index is 13.2. The summed E-state index contributed by atoms with van der Waals surface area (Å²) >= 11 is 1.45. The van der Waals surface area contributed by atoms with Crippen LogP contribution in [0.5, 0.6) is 0 Å². The molecule has 3 nitrogen and oxygen atoms in total. The summed E-state index contributed by atoms with van der Waals surface area (Å²) < 4.78 is 21.3. The highest BCUT2D eigenvalue weighted by Crippen LogP contribution is 2.25. The molecule has 5 heteroatoms. The summed E-state index contributed by atoms with van der Waals surface area (Å²) in [6, 6.07) is 16.3. The standard InChI is InChI=1S/C16H13FN2OS/c1-11-9-16(18-20-11)19-21-15-7-5-12(6-8-15)13-3-2-4-14(17)10-13/h2-10H,1H3,(H,18,19). The van der Waals surface area contributed by atoms with Crippen molar-refractivity contribution >= 4 is 17.8 Å². The van der Waals surface area contributed by atoms with Crippen LogP contribution in [0.3, 0.4) is 0 Å². The van der Waals surface area contributed by atoms with E-state index in [-0.39, 0.29) is 5.82 Å². The minimum Gasteiger partial charge on any atom is -0.360 e. The lowest BCUT2D eigenvalue weighted by atomic mass is 10.1. The molecule has 0 fully saturated rings. The second-order valence-corrected chi connectivity index (χ2v) is 5.44. The molecule has 0 spiro atoms. The molecule has 0 aliphatic heterocycles. The molecule has 1 aromatic heterocycles. The van der Waals surface area contributed by atoms with E-state index in [2.05, 4.69) is 9.88 Å². The van der Waals surface area contributed by atoms with Gasteiger partial charge in [-0.25, -0.2) is 4.39 Å². The van der Waals surface area contributed by atoms with Gasteiger partial charge in [0, 0.05) is 11.0 Å². The fraction of sp³-hybridized carbons (Fsp3) is 0.0625. The van der Waals surface area contributed by atoms with Crippen LogP contribution in [-0.4, -0.2) is 5.16 Å². The molecule has 3 aromatic rings. The zero-order valence-corrected chi connectivity index (χ0v) is 12.2. The fourth-order valence-corrected chi connectivity index (χ4v) is 2.50. The van der Waals surface area contributed by atoms with Gasteiger partial charge < -0.3 is 9.25 Å². The number of aromatic nitrogens is 1. The first-order chi connectivity index (χ1) is 10.2. The van der Waals surface area contributed by atoms with E-state index in [1.165, 1.54) is 24.1 Å². The van der Waals surface area contributed by atoms with Crippen molar-refractivity contribution in [3.63, 3.8) is 0 Å². The maximum Gasteiger partial charge on any atom is 0.179 e. The molecule has 0 bridgehead atoms. The molecule has 2 aromatic carbocycles. The van der Waals surface area contributed by atoms with Gasteiger partial charge in [0.25, 0.3) is 0 Å². The van der Waals surface area contributed by atoms with Crippen LogP contribution in [-0.2, 0) is 0 Å². The molecular weight excluding hydrogens is 287 g/mol. The molecule has 0 aliphatic carbocycles. The number of nitrogens with one attached hydrogen (secondary N) is 1. The Bertz CT molecular complexity index is 740. The minimum atomic E-state index is -0.228. The van der Waals surface area contributed by atoms with Crippen molar-refractivity contribution in [3.05, 3.63) is 66.2 Å². The van der Waals surface area contributed by atoms with Crippen molar-refractivity contribution in [1.82, 2.24) is 5.16 Å². The Hall–Kier alpha value is -2.27. The molecule has 0 radical (unpaired) electrons. The lowest BCUT2D eigenvalue weighted by Gasteiger charge is -2.04. The van der Waals surface area contributed by atoms with E-state index in [4.69, 9.17) is 4.52 Å². The van der Waals surface area contributed by atoms with Gasteiger partial charge in [-0.15, -0.1) is 0 Å². The monoisotopic (exact) mass is 300 g/mol. The summed E-state index contributed by atoms with van der Waals surface area (Å²) in [6.45, 7) is 1.84. The summed E-state index contributed by atoms with van der Waals surface area (Å²) in [6.07, 6.45) is 0. The van der Waals surface area contributed by atoms with Crippen LogP contribution in [0.2, 0.25) is 0 Å². The predicted molar refractivity (Wildman–Crippen MR) is 82.6 cm³/mol. The molecule has 1 N–H and O–H groups in total. The van der Waals surface area contributed by atoms with E-state index in [1.807, 2.05) is 43.3 Å². The van der Waals surface area contributed by atoms with Crippen LogP contribution in [0.1, 0.15) is 5.76 Å². The lowest BCUT2D eigenvalue weighted by Crippen LogP contribution is -1.86. The van der Waals surface area contributed by atoms with Crippen molar-refractivity contribution in [3.8, 4) is 11.1 Å². The Morgan fingerprint density at radius 2 is 1.86 bits per heavy atom. The number of hydrogen-bond acceptors (Lipinski definition) is 4. The molecule has 0 amide bonds. The Morgan fingerprint density at radius 3 is 2.52 bits per heavy atom. The molecule has 0 saturated carbocycles. The quantitative estimate of drug-likeness (QED) is 0.695. The predicted octanol–water partition coefficient (Wildman–Crippen LogP) is 4.91. The van der Waals surface area contributed by atoms with Gasteiger partial charge in [-0.1, -0.05) is 29.4 Å². The third-order valence-electron chi connectivity index (χ3n) is 2.91. The van der Waals surface area contributed by atoms with E-state index >= 15 is 0 Å². The number of rotatable bonds is 4. The number of hydrogen-bond donors (Lipinski definition) is 1. The Labute approximate surface area is 126 Å². The molecule has 1 heterocycles. The number of anilines is 1. The van der Waals surface area contributed by atoms with Gasteiger partial charge in [0.05, 0.1) is 0 Å². The SMILES string of the molecule is Cc1cc(NSc2ccc(-c3cccc(F)c3)cc2)no1. The molecule has 21 heavy (non-hydrogen) atoms. The fourth-order valence-electron chi connectivity index (χ4n) is 1.91. The topological polar surface area (TPSA) is 38.1 Å². The largest absolute Gasteiger partial charge is 0.360 e. The van der Waals surface area contributed by atoms with E-state index in [9.17, 15) is 4.39 Å². The minimum absolute atomic E-state index is 0.228. The van der Waals surface area contributed by atoms with Crippen LogP contribution in [0.15, 0.2) is 64.0 Å². The molecule has 0 aliphatic rings. The third-order valence-corrected chi connectivity index (χ3v) is 3.73. The summed E-state index contributed by atoms with van der Waals surface area (Å²) in [5.74, 6) is 1.22. The van der Waals surface area contributed by atoms with Crippen LogP contribution in [0.25, 0.3) is 11.1 Å². The Balaban J connectivity index is 1.69. The first-order valence-electron chi connectivity index (χ1n) is 6.43. The molecule has 106 valence electrons. The smallest absolute Gasteiger partial charge is 0.179 e. The summed E-state index contributed by atoms with van der Waals surface area (Å²) in [7, 11) is 0. The summed E-state index contributed by atoms with van der Waals surface area (Å²) in [5.41, 5.74) is 1.85. The number of halogens is 1.